The molecule has 0 amide bonds. The molecular weight excluding hydrogens is 334 g/mol. The van der Waals surface area contributed by atoms with Gasteiger partial charge in [0.2, 0.25) is 0 Å². The van der Waals surface area contributed by atoms with Crippen molar-refractivity contribution in [3.63, 3.8) is 0 Å². The van der Waals surface area contributed by atoms with E-state index in [-0.39, 0.29) is 11.3 Å². The summed E-state index contributed by atoms with van der Waals surface area (Å²) in [6.07, 6.45) is -1.02. The Hall–Kier alpha value is -2.86. The first kappa shape index (κ1) is 17.5. The molecule has 24 heavy (non-hydrogen) atoms. The number of nitro benzene ring substituents is 1. The average molecular weight is 346 g/mol. The summed E-state index contributed by atoms with van der Waals surface area (Å²) in [7, 11) is 0. The van der Waals surface area contributed by atoms with E-state index in [4.69, 9.17) is 11.6 Å². The number of rotatable bonds is 7. The van der Waals surface area contributed by atoms with Gasteiger partial charge in [0.15, 0.2) is 11.6 Å². The molecule has 6 nitrogen and oxygen atoms in total. The van der Waals surface area contributed by atoms with Crippen molar-refractivity contribution < 1.29 is 19.3 Å². The maximum absolute atomic E-state index is 12.1. The molecule has 2 rings (SSSR count). The quantitative estimate of drug-likeness (QED) is 0.330. The van der Waals surface area contributed by atoms with Gasteiger partial charge in [0.05, 0.1) is 23.3 Å². The molecule has 7 heteroatoms. The van der Waals surface area contributed by atoms with E-state index in [9.17, 15) is 24.5 Å². The zero-order valence-corrected chi connectivity index (χ0v) is 13.2. The molecule has 2 aromatic rings. The number of ketones is 3. The van der Waals surface area contributed by atoms with Crippen LogP contribution in [0.4, 0.5) is 5.69 Å². The van der Waals surface area contributed by atoms with Gasteiger partial charge in [-0.2, -0.15) is 0 Å². The number of para-hydroxylation sites is 1. The molecule has 0 aliphatic rings. The zero-order chi connectivity index (χ0) is 17.7. The van der Waals surface area contributed by atoms with Crippen LogP contribution in [0.3, 0.4) is 0 Å². The van der Waals surface area contributed by atoms with Gasteiger partial charge in [-0.05, 0) is 30.3 Å². The highest BCUT2D eigenvalue weighted by Gasteiger charge is 2.22. The Morgan fingerprint density at radius 1 is 0.917 bits per heavy atom. The summed E-state index contributed by atoms with van der Waals surface area (Å²) < 4.78 is 0. The van der Waals surface area contributed by atoms with Crippen molar-refractivity contribution in [2.24, 2.45) is 0 Å². The molecule has 0 atom stereocenters. The fourth-order valence-electron chi connectivity index (χ4n) is 2.12. The number of hydrogen-bond acceptors (Lipinski definition) is 5. The zero-order valence-electron chi connectivity index (χ0n) is 12.4. The van der Waals surface area contributed by atoms with Crippen LogP contribution in [0.2, 0.25) is 5.02 Å². The third-order valence-electron chi connectivity index (χ3n) is 3.28. The molecule has 122 valence electrons. The summed E-state index contributed by atoms with van der Waals surface area (Å²) in [4.78, 5) is 46.2. The summed E-state index contributed by atoms with van der Waals surface area (Å²) in [5, 5.41) is 11.4. The van der Waals surface area contributed by atoms with Gasteiger partial charge in [-0.25, -0.2) is 0 Å². The van der Waals surface area contributed by atoms with Gasteiger partial charge in [-0.3, -0.25) is 24.5 Å². The van der Waals surface area contributed by atoms with Crippen molar-refractivity contribution in [1.82, 2.24) is 0 Å². The Balaban J connectivity index is 2.04. The molecule has 0 spiro atoms. The highest BCUT2D eigenvalue weighted by atomic mass is 35.5. The van der Waals surface area contributed by atoms with Gasteiger partial charge in [-0.1, -0.05) is 23.7 Å². The number of benzene rings is 2. The van der Waals surface area contributed by atoms with Gasteiger partial charge in [-0.15, -0.1) is 0 Å². The Labute approximate surface area is 142 Å². The fraction of sp³-hybridized carbons (Fsp3) is 0.118. The summed E-state index contributed by atoms with van der Waals surface area (Å²) in [6.45, 7) is 0. The van der Waals surface area contributed by atoms with Gasteiger partial charge in [0, 0.05) is 16.7 Å². The van der Waals surface area contributed by atoms with Crippen LogP contribution in [0.5, 0.6) is 0 Å². The molecule has 0 N–H and O–H groups in total. The third-order valence-corrected chi connectivity index (χ3v) is 3.53. The lowest BCUT2D eigenvalue weighted by atomic mass is 10.00. The summed E-state index contributed by atoms with van der Waals surface area (Å²) in [5.41, 5.74) is -0.194. The van der Waals surface area contributed by atoms with Crippen LogP contribution >= 0.6 is 11.6 Å². The maximum atomic E-state index is 12.1. The number of carbonyl (C=O) groups is 3. The molecule has 0 fully saturated rings. The average Bonchev–Trinajstić information content (AvgIpc) is 2.55. The van der Waals surface area contributed by atoms with E-state index in [1.807, 2.05) is 0 Å². The van der Waals surface area contributed by atoms with Gasteiger partial charge < -0.3 is 0 Å². The SMILES string of the molecule is O=C(CC(=O)c1ccc(Cl)cc1)CC(=O)c1ccccc1[N+](=O)[O-]. The standard InChI is InChI=1S/C17H12ClNO5/c18-12-7-5-11(6-8-12)16(21)9-13(20)10-17(22)14-3-1-2-4-15(14)19(23)24/h1-8H,9-10H2. The maximum Gasteiger partial charge on any atom is 0.280 e. The Kier molecular flexibility index (Phi) is 5.55. The van der Waals surface area contributed by atoms with E-state index in [1.165, 1.54) is 48.5 Å². The fourth-order valence-corrected chi connectivity index (χ4v) is 2.25. The summed E-state index contributed by atoms with van der Waals surface area (Å²) in [6, 6.07) is 11.4. The first-order chi connectivity index (χ1) is 11.4. The van der Waals surface area contributed by atoms with Crippen LogP contribution in [0.25, 0.3) is 0 Å². The van der Waals surface area contributed by atoms with Crippen LogP contribution in [-0.2, 0) is 4.79 Å². The number of Topliss-reactive ketones (excluding diaryl/α,β-unsaturated/α-hetero) is 3. The largest absolute Gasteiger partial charge is 0.299 e. The number of nitro groups is 1. The minimum atomic E-state index is -0.684. The van der Waals surface area contributed by atoms with E-state index < -0.39 is 35.1 Å². The first-order valence-electron chi connectivity index (χ1n) is 6.95. The third kappa shape index (κ3) is 4.33. The second-order valence-corrected chi connectivity index (χ2v) is 5.46. The molecule has 0 aliphatic heterocycles. The van der Waals surface area contributed by atoms with Crippen LogP contribution in [0.15, 0.2) is 48.5 Å². The van der Waals surface area contributed by atoms with Crippen LogP contribution < -0.4 is 0 Å². The molecular formula is C17H12ClNO5. The number of halogens is 1. The first-order valence-corrected chi connectivity index (χ1v) is 7.33. The van der Waals surface area contributed by atoms with Crippen molar-refractivity contribution in [1.29, 1.82) is 0 Å². The highest BCUT2D eigenvalue weighted by Crippen LogP contribution is 2.20. The second-order valence-electron chi connectivity index (χ2n) is 5.02. The minimum absolute atomic E-state index is 0.144. The lowest BCUT2D eigenvalue weighted by molar-refractivity contribution is -0.385. The predicted octanol–water partition coefficient (Wildman–Crippen LogP) is 3.66. The Morgan fingerprint density at radius 2 is 1.50 bits per heavy atom. The van der Waals surface area contributed by atoms with Crippen molar-refractivity contribution in [2.75, 3.05) is 0 Å². The summed E-state index contributed by atoms with van der Waals surface area (Å²) >= 11 is 5.72. The molecule has 0 unspecified atom stereocenters. The molecule has 0 bridgehead atoms. The topological polar surface area (TPSA) is 94.3 Å². The number of carbonyl (C=O) groups excluding carboxylic acids is 3. The van der Waals surface area contributed by atoms with Crippen molar-refractivity contribution >= 4 is 34.6 Å². The van der Waals surface area contributed by atoms with E-state index in [0.29, 0.717) is 10.6 Å². The van der Waals surface area contributed by atoms with Gasteiger partial charge in [0.25, 0.3) is 5.69 Å². The smallest absolute Gasteiger partial charge is 0.280 e. The van der Waals surface area contributed by atoms with Crippen LogP contribution in [0, 0.1) is 10.1 Å². The van der Waals surface area contributed by atoms with Crippen LogP contribution in [0.1, 0.15) is 33.6 Å². The van der Waals surface area contributed by atoms with Gasteiger partial charge >= 0.3 is 0 Å². The lowest BCUT2D eigenvalue weighted by Crippen LogP contribution is -2.14. The molecule has 0 radical (unpaired) electrons. The molecule has 2 aromatic carbocycles. The van der Waals surface area contributed by atoms with Crippen LogP contribution in [-0.4, -0.2) is 22.3 Å². The molecule has 0 saturated carbocycles. The number of nitrogens with zero attached hydrogens (tertiary/aromatic N) is 1. The summed E-state index contributed by atoms with van der Waals surface area (Å²) in [5.74, 6) is -1.72. The molecule has 0 aliphatic carbocycles. The van der Waals surface area contributed by atoms with Crippen molar-refractivity contribution in [2.45, 2.75) is 12.8 Å². The Morgan fingerprint density at radius 3 is 2.12 bits per heavy atom. The second kappa shape index (κ2) is 7.61. The van der Waals surface area contributed by atoms with Crippen molar-refractivity contribution in [3.8, 4) is 0 Å². The predicted molar refractivity (Wildman–Crippen MR) is 87.5 cm³/mol. The van der Waals surface area contributed by atoms with E-state index in [2.05, 4.69) is 0 Å². The van der Waals surface area contributed by atoms with Gasteiger partial charge in [0.1, 0.15) is 5.78 Å². The molecule has 0 heterocycles. The van der Waals surface area contributed by atoms with E-state index >= 15 is 0 Å². The monoisotopic (exact) mass is 345 g/mol. The number of hydrogen-bond donors (Lipinski definition) is 0. The van der Waals surface area contributed by atoms with E-state index in [1.54, 1.807) is 0 Å². The molecule has 0 saturated heterocycles. The van der Waals surface area contributed by atoms with E-state index in [0.717, 1.165) is 0 Å². The highest BCUT2D eigenvalue weighted by molar-refractivity contribution is 6.30. The minimum Gasteiger partial charge on any atom is -0.299 e. The normalized spacial score (nSPS) is 10.2. The molecule has 0 aromatic heterocycles. The lowest BCUT2D eigenvalue weighted by Gasteiger charge is -2.03. The van der Waals surface area contributed by atoms with Crippen molar-refractivity contribution in [3.05, 3.63) is 74.8 Å². The Bertz CT molecular complexity index is 814.